The Bertz CT molecular complexity index is 998. The van der Waals surface area contributed by atoms with Gasteiger partial charge in [-0.05, 0) is 50.0 Å². The topological polar surface area (TPSA) is 98.7 Å². The SMILES string of the molecule is CC[C@@H]1C=C[C@H]2[C@@H](C(=O)N([C@@H](CO)Cc3ccccc3)[C@@H]2C(=O)NC(C)(C)CC(C)(C)C)[C@@H]1C(=O)NC. The zero-order valence-corrected chi connectivity index (χ0v) is 23.5. The summed E-state index contributed by atoms with van der Waals surface area (Å²) in [5.41, 5.74) is 0.469. The predicted molar refractivity (Wildman–Crippen MR) is 145 cm³/mol. The van der Waals surface area contributed by atoms with Gasteiger partial charge in [0.25, 0.3) is 0 Å². The van der Waals surface area contributed by atoms with Gasteiger partial charge >= 0.3 is 0 Å². The first-order valence-electron chi connectivity index (χ1n) is 13.5. The smallest absolute Gasteiger partial charge is 0.243 e. The van der Waals surface area contributed by atoms with Gasteiger partial charge in [-0.25, -0.2) is 0 Å². The number of benzene rings is 1. The van der Waals surface area contributed by atoms with E-state index in [1.165, 1.54) is 0 Å². The van der Waals surface area contributed by atoms with E-state index in [0.29, 0.717) is 12.8 Å². The lowest BCUT2D eigenvalue weighted by Crippen LogP contribution is -2.57. The number of nitrogens with one attached hydrogen (secondary N) is 2. The molecule has 1 aliphatic carbocycles. The fourth-order valence-corrected chi connectivity index (χ4v) is 6.67. The number of fused-ring (bicyclic) bond motifs is 1. The summed E-state index contributed by atoms with van der Waals surface area (Å²) in [5, 5.41) is 16.4. The molecule has 0 aromatic heterocycles. The maximum Gasteiger partial charge on any atom is 0.243 e. The predicted octanol–water partition coefficient (Wildman–Crippen LogP) is 3.32. The van der Waals surface area contributed by atoms with Crippen molar-refractivity contribution in [3.8, 4) is 0 Å². The summed E-state index contributed by atoms with van der Waals surface area (Å²) in [6.07, 6.45) is 5.86. The molecule has 0 saturated carbocycles. The highest BCUT2D eigenvalue weighted by atomic mass is 16.3. The molecular formula is C30H45N3O4. The van der Waals surface area contributed by atoms with Gasteiger partial charge in [-0.1, -0.05) is 70.2 Å². The Morgan fingerprint density at radius 3 is 2.24 bits per heavy atom. The highest BCUT2D eigenvalue weighted by molar-refractivity contribution is 5.97. The normalized spacial score (nSPS) is 26.5. The van der Waals surface area contributed by atoms with Crippen molar-refractivity contribution in [2.24, 2.45) is 29.1 Å². The number of likely N-dealkylation sites (tertiary alicyclic amines) is 1. The molecule has 0 radical (unpaired) electrons. The first kappa shape index (κ1) is 28.9. The zero-order valence-electron chi connectivity index (χ0n) is 23.5. The van der Waals surface area contributed by atoms with Crippen LogP contribution in [0.3, 0.4) is 0 Å². The molecule has 1 fully saturated rings. The Balaban J connectivity index is 2.05. The molecule has 1 aromatic carbocycles. The highest BCUT2D eigenvalue weighted by Crippen LogP contribution is 2.46. The van der Waals surface area contributed by atoms with Crippen molar-refractivity contribution in [2.45, 2.75) is 78.4 Å². The van der Waals surface area contributed by atoms with Gasteiger partial charge in [0.05, 0.1) is 24.5 Å². The van der Waals surface area contributed by atoms with Gasteiger partial charge in [0.1, 0.15) is 6.04 Å². The molecule has 3 amide bonds. The van der Waals surface area contributed by atoms with E-state index < -0.39 is 35.4 Å². The molecule has 1 aromatic rings. The van der Waals surface area contributed by atoms with Gasteiger partial charge in [-0.3, -0.25) is 14.4 Å². The van der Waals surface area contributed by atoms with Crippen LogP contribution in [0.1, 0.15) is 59.9 Å². The fourth-order valence-electron chi connectivity index (χ4n) is 6.67. The number of amides is 3. The number of allylic oxidation sites excluding steroid dienone is 1. The van der Waals surface area contributed by atoms with Crippen molar-refractivity contribution in [2.75, 3.05) is 13.7 Å². The molecule has 0 spiro atoms. The van der Waals surface area contributed by atoms with Crippen LogP contribution in [0.25, 0.3) is 0 Å². The van der Waals surface area contributed by atoms with Gasteiger partial charge in [0.2, 0.25) is 17.7 Å². The second-order valence-electron chi connectivity index (χ2n) is 12.5. The van der Waals surface area contributed by atoms with Crippen LogP contribution in [0, 0.1) is 29.1 Å². The highest BCUT2D eigenvalue weighted by Gasteiger charge is 2.58. The summed E-state index contributed by atoms with van der Waals surface area (Å²) in [6, 6.07) is 8.29. The molecule has 7 nitrogen and oxygen atoms in total. The maximum absolute atomic E-state index is 14.2. The van der Waals surface area contributed by atoms with Crippen LogP contribution < -0.4 is 10.6 Å². The zero-order chi connectivity index (χ0) is 27.5. The first-order valence-corrected chi connectivity index (χ1v) is 13.5. The minimum absolute atomic E-state index is 0.00512. The number of rotatable bonds is 9. The lowest BCUT2D eigenvalue weighted by Gasteiger charge is -2.38. The van der Waals surface area contributed by atoms with E-state index in [9.17, 15) is 19.5 Å². The molecule has 204 valence electrons. The van der Waals surface area contributed by atoms with Gasteiger partial charge in [0.15, 0.2) is 0 Å². The second-order valence-corrected chi connectivity index (χ2v) is 12.5. The lowest BCUT2D eigenvalue weighted by molar-refractivity contribution is -0.143. The molecule has 6 atom stereocenters. The van der Waals surface area contributed by atoms with Gasteiger partial charge in [-0.2, -0.15) is 0 Å². The number of carbonyl (C=O) groups is 3. The Morgan fingerprint density at radius 1 is 1.05 bits per heavy atom. The summed E-state index contributed by atoms with van der Waals surface area (Å²) < 4.78 is 0. The summed E-state index contributed by atoms with van der Waals surface area (Å²) in [6.45, 7) is 12.1. The summed E-state index contributed by atoms with van der Waals surface area (Å²) in [4.78, 5) is 42.8. The molecule has 7 heteroatoms. The molecule has 0 unspecified atom stereocenters. The fraction of sp³-hybridized carbons (Fsp3) is 0.633. The average molecular weight is 512 g/mol. The average Bonchev–Trinajstić information content (AvgIpc) is 3.12. The molecule has 1 saturated heterocycles. The number of nitrogens with zero attached hydrogens (tertiary/aromatic N) is 1. The Labute approximate surface area is 222 Å². The van der Waals surface area contributed by atoms with Crippen molar-refractivity contribution in [1.82, 2.24) is 15.5 Å². The monoisotopic (exact) mass is 511 g/mol. The summed E-state index contributed by atoms with van der Waals surface area (Å²) >= 11 is 0. The van der Waals surface area contributed by atoms with Crippen LogP contribution in [-0.4, -0.2) is 59.0 Å². The number of aliphatic hydroxyl groups excluding tert-OH is 1. The van der Waals surface area contributed by atoms with Crippen LogP contribution in [0.15, 0.2) is 42.5 Å². The molecular weight excluding hydrogens is 466 g/mol. The van der Waals surface area contributed by atoms with E-state index >= 15 is 0 Å². The molecule has 2 aliphatic rings. The minimum atomic E-state index is -0.807. The van der Waals surface area contributed by atoms with Crippen molar-refractivity contribution in [3.05, 3.63) is 48.0 Å². The number of hydrogen-bond acceptors (Lipinski definition) is 4. The number of hydrogen-bond donors (Lipinski definition) is 3. The maximum atomic E-state index is 14.2. The van der Waals surface area contributed by atoms with Gasteiger partial charge in [0, 0.05) is 18.5 Å². The third-order valence-electron chi connectivity index (χ3n) is 7.69. The van der Waals surface area contributed by atoms with Crippen molar-refractivity contribution in [1.29, 1.82) is 0 Å². The summed E-state index contributed by atoms with van der Waals surface area (Å²) in [5.74, 6) is -2.40. The quantitative estimate of drug-likeness (QED) is 0.443. The van der Waals surface area contributed by atoms with E-state index in [-0.39, 0.29) is 35.7 Å². The number of aliphatic hydroxyl groups is 1. The van der Waals surface area contributed by atoms with Crippen LogP contribution >= 0.6 is 0 Å². The van der Waals surface area contributed by atoms with Crippen molar-refractivity contribution >= 4 is 17.7 Å². The number of carbonyl (C=O) groups excluding carboxylic acids is 3. The third kappa shape index (κ3) is 6.43. The summed E-state index contributed by atoms with van der Waals surface area (Å²) in [7, 11) is 1.59. The van der Waals surface area contributed by atoms with E-state index in [4.69, 9.17) is 0 Å². The van der Waals surface area contributed by atoms with Crippen LogP contribution in [-0.2, 0) is 20.8 Å². The molecule has 37 heavy (non-hydrogen) atoms. The van der Waals surface area contributed by atoms with Gasteiger partial charge < -0.3 is 20.6 Å². The Hall–Kier alpha value is -2.67. The third-order valence-corrected chi connectivity index (χ3v) is 7.69. The molecule has 1 heterocycles. The van der Waals surface area contributed by atoms with Crippen LogP contribution in [0.5, 0.6) is 0 Å². The van der Waals surface area contributed by atoms with Crippen LogP contribution in [0.4, 0.5) is 0 Å². The lowest BCUT2D eigenvalue weighted by atomic mass is 9.68. The minimum Gasteiger partial charge on any atom is -0.394 e. The van der Waals surface area contributed by atoms with E-state index in [1.807, 2.05) is 63.3 Å². The second kappa shape index (κ2) is 11.4. The van der Waals surface area contributed by atoms with Crippen molar-refractivity contribution in [3.63, 3.8) is 0 Å². The molecule has 1 aliphatic heterocycles. The standard InChI is InChI=1S/C30H45N3O4/c1-8-20-14-15-22-24(23(20)26(35)31-7)28(37)33(21(17-34)16-19-12-10-9-11-13-19)25(22)27(36)32-30(5,6)18-29(2,3)4/h9-15,20-25,34H,8,16-18H2,1-7H3,(H,31,35)(H,32,36)/t20-,21-,22+,23-,24-,25+/m1/s1. The van der Waals surface area contributed by atoms with Gasteiger partial charge in [-0.15, -0.1) is 0 Å². The first-order chi connectivity index (χ1) is 17.3. The van der Waals surface area contributed by atoms with E-state index in [0.717, 1.165) is 12.0 Å². The van der Waals surface area contributed by atoms with Crippen molar-refractivity contribution < 1.29 is 19.5 Å². The largest absolute Gasteiger partial charge is 0.394 e. The Kier molecular flexibility index (Phi) is 8.89. The molecule has 0 bridgehead atoms. The molecule has 3 N–H and O–H groups in total. The molecule has 3 rings (SSSR count). The van der Waals surface area contributed by atoms with E-state index in [1.54, 1.807) is 11.9 Å². The Morgan fingerprint density at radius 2 is 1.70 bits per heavy atom. The van der Waals surface area contributed by atoms with Crippen LogP contribution in [0.2, 0.25) is 0 Å². The van der Waals surface area contributed by atoms with E-state index in [2.05, 4.69) is 31.4 Å².